The molecule has 30 heavy (non-hydrogen) atoms. The van der Waals surface area contributed by atoms with E-state index in [0.29, 0.717) is 11.6 Å². The van der Waals surface area contributed by atoms with Crippen LogP contribution in [-0.4, -0.2) is 27.1 Å². The first-order valence-corrected chi connectivity index (χ1v) is 10.2. The summed E-state index contributed by atoms with van der Waals surface area (Å²) in [5, 5.41) is 13.8. The van der Waals surface area contributed by atoms with Gasteiger partial charge in [0.2, 0.25) is 0 Å². The summed E-state index contributed by atoms with van der Waals surface area (Å²) in [6.07, 6.45) is 7.56. The van der Waals surface area contributed by atoms with Crippen molar-refractivity contribution >= 4 is 16.7 Å². The van der Waals surface area contributed by atoms with E-state index in [9.17, 15) is 4.79 Å². The van der Waals surface area contributed by atoms with Crippen LogP contribution in [0.15, 0.2) is 61.1 Å². The number of rotatable bonds is 4. The molecular formula is C25H22N4O. The molecule has 5 heteroatoms. The molecule has 0 unspecified atom stereocenters. The molecule has 148 valence electrons. The van der Waals surface area contributed by atoms with Crippen LogP contribution in [0, 0.1) is 13.8 Å². The Kier molecular flexibility index (Phi) is 4.51. The van der Waals surface area contributed by atoms with Crippen molar-refractivity contribution in [2.75, 3.05) is 0 Å². The van der Waals surface area contributed by atoms with E-state index >= 15 is 0 Å². The van der Waals surface area contributed by atoms with Crippen molar-refractivity contribution in [2.24, 2.45) is 0 Å². The largest absolute Gasteiger partial charge is 0.349 e. The Morgan fingerprint density at radius 2 is 1.83 bits per heavy atom. The van der Waals surface area contributed by atoms with Crippen molar-refractivity contribution in [1.82, 2.24) is 20.5 Å². The first-order chi connectivity index (χ1) is 14.6. The lowest BCUT2D eigenvalue weighted by molar-refractivity contribution is 0.0951. The molecule has 0 radical (unpaired) electrons. The fraction of sp³-hybridized carbons (Fsp3) is 0.200. The predicted molar refractivity (Wildman–Crippen MR) is 118 cm³/mol. The third-order valence-corrected chi connectivity index (χ3v) is 5.66. The zero-order valence-corrected chi connectivity index (χ0v) is 17.0. The van der Waals surface area contributed by atoms with Gasteiger partial charge in [-0.2, -0.15) is 5.10 Å². The maximum absolute atomic E-state index is 12.5. The second-order valence-electron chi connectivity index (χ2n) is 7.96. The first-order valence-electron chi connectivity index (χ1n) is 10.2. The number of hydrogen-bond donors (Lipinski definition) is 1. The summed E-state index contributed by atoms with van der Waals surface area (Å²) in [4.78, 5) is 16.7. The van der Waals surface area contributed by atoms with Gasteiger partial charge in [-0.25, -0.2) is 0 Å². The van der Waals surface area contributed by atoms with Crippen molar-refractivity contribution < 1.29 is 4.79 Å². The minimum absolute atomic E-state index is 0.000791. The van der Waals surface area contributed by atoms with Crippen LogP contribution >= 0.6 is 0 Å². The Labute approximate surface area is 175 Å². The van der Waals surface area contributed by atoms with Crippen LogP contribution in [0.3, 0.4) is 0 Å². The van der Waals surface area contributed by atoms with E-state index in [2.05, 4.69) is 45.6 Å². The van der Waals surface area contributed by atoms with Crippen molar-refractivity contribution in [3.8, 4) is 22.4 Å². The Morgan fingerprint density at radius 3 is 2.63 bits per heavy atom. The molecule has 5 rings (SSSR count). The second kappa shape index (κ2) is 7.34. The van der Waals surface area contributed by atoms with Crippen molar-refractivity contribution in [3.05, 3.63) is 77.7 Å². The fourth-order valence-electron chi connectivity index (χ4n) is 3.76. The standard InChI is InChI=1S/C25H22N4O/c1-15-3-4-18(25(30)28-20-6-7-20)12-23(15)17-5-8-22-19(11-17)14-27-29-24(22)21-9-10-26-13-16(21)2/h3-5,8-14,20H,6-7H2,1-2H3,(H,28,30). The fourth-order valence-corrected chi connectivity index (χ4v) is 3.76. The lowest BCUT2D eigenvalue weighted by atomic mass is 9.95. The van der Waals surface area contributed by atoms with Crippen LogP contribution in [0.4, 0.5) is 0 Å². The van der Waals surface area contributed by atoms with Gasteiger partial charge in [-0.1, -0.05) is 18.2 Å². The monoisotopic (exact) mass is 394 g/mol. The third-order valence-electron chi connectivity index (χ3n) is 5.66. The third kappa shape index (κ3) is 3.43. The maximum Gasteiger partial charge on any atom is 0.251 e. The van der Waals surface area contributed by atoms with Crippen molar-refractivity contribution in [3.63, 3.8) is 0 Å². The number of fused-ring (bicyclic) bond motifs is 1. The molecule has 2 aromatic carbocycles. The molecule has 1 fully saturated rings. The molecule has 4 aromatic rings. The Bertz CT molecular complexity index is 1280. The van der Waals surface area contributed by atoms with Gasteiger partial charge in [-0.05, 0) is 73.2 Å². The van der Waals surface area contributed by atoms with E-state index in [4.69, 9.17) is 0 Å². The first kappa shape index (κ1) is 18.4. The molecule has 1 amide bonds. The Hall–Kier alpha value is -3.60. The lowest BCUT2D eigenvalue weighted by Crippen LogP contribution is -2.25. The SMILES string of the molecule is Cc1ccc(C(=O)NC2CC2)cc1-c1ccc2c(-c3ccncc3C)nncc2c1. The normalized spacial score (nSPS) is 13.4. The highest BCUT2D eigenvalue weighted by molar-refractivity contribution is 5.98. The number of carbonyl (C=O) groups excluding carboxylic acids is 1. The molecule has 0 aliphatic heterocycles. The summed E-state index contributed by atoms with van der Waals surface area (Å²) in [7, 11) is 0. The molecule has 1 saturated carbocycles. The number of aromatic nitrogens is 3. The van der Waals surface area contributed by atoms with Gasteiger partial charge in [0.25, 0.3) is 5.91 Å². The summed E-state index contributed by atoms with van der Waals surface area (Å²) < 4.78 is 0. The number of pyridine rings is 1. The van der Waals surface area contributed by atoms with Crippen LogP contribution in [0.5, 0.6) is 0 Å². The van der Waals surface area contributed by atoms with E-state index in [1.807, 2.05) is 37.4 Å². The molecule has 1 aliphatic rings. The number of benzene rings is 2. The number of amides is 1. The zero-order valence-electron chi connectivity index (χ0n) is 17.0. The zero-order chi connectivity index (χ0) is 20.7. The quantitative estimate of drug-likeness (QED) is 0.536. The Morgan fingerprint density at radius 1 is 0.967 bits per heavy atom. The maximum atomic E-state index is 12.5. The molecule has 2 aromatic heterocycles. The summed E-state index contributed by atoms with van der Waals surface area (Å²) in [5.41, 5.74) is 6.89. The topological polar surface area (TPSA) is 67.8 Å². The van der Waals surface area contributed by atoms with Gasteiger partial charge in [0, 0.05) is 40.3 Å². The summed E-state index contributed by atoms with van der Waals surface area (Å²) in [5.74, 6) is 0.000791. The predicted octanol–water partition coefficient (Wildman–Crippen LogP) is 4.87. The van der Waals surface area contributed by atoms with Crippen LogP contribution in [0.25, 0.3) is 33.2 Å². The molecule has 5 nitrogen and oxygen atoms in total. The smallest absolute Gasteiger partial charge is 0.251 e. The average Bonchev–Trinajstić information content (AvgIpc) is 3.57. The summed E-state index contributed by atoms with van der Waals surface area (Å²) >= 11 is 0. The number of nitrogens with one attached hydrogen (secondary N) is 1. The average molecular weight is 394 g/mol. The number of nitrogens with zero attached hydrogens (tertiary/aromatic N) is 3. The van der Waals surface area contributed by atoms with Crippen LogP contribution in [0.1, 0.15) is 34.3 Å². The van der Waals surface area contributed by atoms with E-state index in [-0.39, 0.29) is 5.91 Å². The highest BCUT2D eigenvalue weighted by Crippen LogP contribution is 2.32. The van der Waals surface area contributed by atoms with Gasteiger partial charge in [0.05, 0.1) is 6.20 Å². The molecule has 1 N–H and O–H groups in total. The summed E-state index contributed by atoms with van der Waals surface area (Å²) in [6.45, 7) is 4.09. The highest BCUT2D eigenvalue weighted by Gasteiger charge is 2.24. The van der Waals surface area contributed by atoms with Gasteiger partial charge in [0.1, 0.15) is 5.69 Å². The van der Waals surface area contributed by atoms with Gasteiger partial charge >= 0.3 is 0 Å². The van der Waals surface area contributed by atoms with Gasteiger partial charge < -0.3 is 5.32 Å². The van der Waals surface area contributed by atoms with E-state index in [1.54, 1.807) is 12.4 Å². The van der Waals surface area contributed by atoms with Crippen LogP contribution in [0.2, 0.25) is 0 Å². The minimum atomic E-state index is 0.000791. The van der Waals surface area contributed by atoms with E-state index in [0.717, 1.165) is 57.1 Å². The highest BCUT2D eigenvalue weighted by atomic mass is 16.1. The van der Waals surface area contributed by atoms with Gasteiger partial charge in [-0.3, -0.25) is 9.78 Å². The number of carbonyl (C=O) groups is 1. The molecule has 1 aliphatic carbocycles. The van der Waals surface area contributed by atoms with E-state index in [1.165, 1.54) is 0 Å². The Balaban J connectivity index is 1.58. The summed E-state index contributed by atoms with van der Waals surface area (Å²) in [6, 6.07) is 14.5. The molecular weight excluding hydrogens is 372 g/mol. The molecule has 0 spiro atoms. The lowest BCUT2D eigenvalue weighted by Gasteiger charge is -2.12. The van der Waals surface area contributed by atoms with Crippen molar-refractivity contribution in [2.45, 2.75) is 32.7 Å². The van der Waals surface area contributed by atoms with Gasteiger partial charge in [0.15, 0.2) is 0 Å². The second-order valence-corrected chi connectivity index (χ2v) is 7.96. The molecule has 0 atom stereocenters. The molecule has 2 heterocycles. The van der Waals surface area contributed by atoms with Crippen molar-refractivity contribution in [1.29, 1.82) is 0 Å². The van der Waals surface area contributed by atoms with Crippen LogP contribution < -0.4 is 5.32 Å². The molecule has 0 saturated heterocycles. The van der Waals surface area contributed by atoms with E-state index < -0.39 is 0 Å². The minimum Gasteiger partial charge on any atom is -0.349 e. The number of hydrogen-bond acceptors (Lipinski definition) is 4. The number of aryl methyl sites for hydroxylation is 2. The molecule has 0 bridgehead atoms. The van der Waals surface area contributed by atoms with Gasteiger partial charge in [-0.15, -0.1) is 5.10 Å². The van der Waals surface area contributed by atoms with Crippen LogP contribution in [-0.2, 0) is 0 Å².